The molecule has 0 amide bonds. The number of aromatic nitrogens is 1. The first-order valence-electron chi connectivity index (χ1n) is 13.0. The molecule has 0 radical (unpaired) electrons. The normalized spacial score (nSPS) is 17.4. The summed E-state index contributed by atoms with van der Waals surface area (Å²) in [7, 11) is 0. The minimum atomic E-state index is -0.809. The van der Waals surface area contributed by atoms with Crippen LogP contribution in [-0.4, -0.2) is 45.9 Å². The number of aliphatic carboxylic acids is 1. The standard InChI is InChI=1S/C25H33N3O2S.C4H10O/c1-16-21(15-22(29)30)24(28-13-11-25(3,4)12-14-28)23(17(2)26-16)18-5-9-20(10-6-18)31-27-19-7-8-19;1-4(2,3)5/h5-6,9-10,19,27H,7-8,11-15H2,1-4H3,(H,29,30);5H,1-3H3. The Morgan fingerprint density at radius 1 is 1.11 bits per heavy atom. The van der Waals surface area contributed by atoms with Gasteiger partial charge in [-0.05, 0) is 95.4 Å². The molecule has 0 unspecified atom stereocenters. The van der Waals surface area contributed by atoms with E-state index in [1.54, 1.807) is 32.7 Å². The Morgan fingerprint density at radius 3 is 2.17 bits per heavy atom. The summed E-state index contributed by atoms with van der Waals surface area (Å²) in [6, 6.07) is 9.25. The van der Waals surface area contributed by atoms with Crippen LogP contribution >= 0.6 is 11.9 Å². The molecule has 1 aromatic carbocycles. The molecule has 2 aromatic rings. The van der Waals surface area contributed by atoms with Gasteiger partial charge in [-0.25, -0.2) is 0 Å². The van der Waals surface area contributed by atoms with Crippen LogP contribution in [0.25, 0.3) is 11.1 Å². The third-order valence-corrected chi connectivity index (χ3v) is 7.44. The smallest absolute Gasteiger partial charge is 0.307 e. The first kappa shape index (κ1) is 28.5. The summed E-state index contributed by atoms with van der Waals surface area (Å²) in [5.74, 6) is -0.809. The molecule has 3 N–H and O–H groups in total. The van der Waals surface area contributed by atoms with Gasteiger partial charge in [0.05, 0.1) is 17.7 Å². The topological polar surface area (TPSA) is 85.7 Å². The predicted molar refractivity (Wildman–Crippen MR) is 150 cm³/mol. The van der Waals surface area contributed by atoms with E-state index in [1.165, 1.54) is 17.7 Å². The van der Waals surface area contributed by atoms with E-state index in [9.17, 15) is 9.90 Å². The number of piperidine rings is 1. The molecule has 1 saturated carbocycles. The summed E-state index contributed by atoms with van der Waals surface area (Å²) >= 11 is 1.69. The van der Waals surface area contributed by atoms with Gasteiger partial charge in [-0.1, -0.05) is 26.0 Å². The Kier molecular flexibility index (Phi) is 9.12. The summed E-state index contributed by atoms with van der Waals surface area (Å²) in [6.45, 7) is 15.7. The summed E-state index contributed by atoms with van der Waals surface area (Å²) in [6.07, 6.45) is 4.73. The van der Waals surface area contributed by atoms with Gasteiger partial charge in [-0.3, -0.25) is 14.5 Å². The van der Waals surface area contributed by atoms with Crippen LogP contribution < -0.4 is 9.62 Å². The van der Waals surface area contributed by atoms with Crippen molar-refractivity contribution in [1.29, 1.82) is 0 Å². The highest BCUT2D eigenvalue weighted by atomic mass is 32.2. The van der Waals surface area contributed by atoms with Crippen molar-refractivity contribution in [2.75, 3.05) is 18.0 Å². The average molecular weight is 514 g/mol. The van der Waals surface area contributed by atoms with Gasteiger partial charge < -0.3 is 15.1 Å². The lowest BCUT2D eigenvalue weighted by molar-refractivity contribution is -0.136. The minimum absolute atomic E-state index is 0.000579. The number of anilines is 1. The number of benzene rings is 1. The maximum atomic E-state index is 11.7. The Labute approximate surface area is 221 Å². The van der Waals surface area contributed by atoms with Crippen molar-refractivity contribution in [1.82, 2.24) is 9.71 Å². The van der Waals surface area contributed by atoms with Gasteiger partial charge >= 0.3 is 5.97 Å². The van der Waals surface area contributed by atoms with E-state index in [0.717, 1.165) is 59.7 Å². The molecule has 0 atom stereocenters. The van der Waals surface area contributed by atoms with Crippen molar-refractivity contribution in [2.24, 2.45) is 5.41 Å². The molecular formula is C29H43N3O3S. The molecule has 0 spiro atoms. The van der Waals surface area contributed by atoms with Gasteiger partial charge in [0, 0.05) is 46.5 Å². The molecule has 1 aromatic heterocycles. The molecule has 2 aliphatic rings. The van der Waals surface area contributed by atoms with Crippen molar-refractivity contribution in [2.45, 2.75) is 97.1 Å². The van der Waals surface area contributed by atoms with Crippen LogP contribution in [0.15, 0.2) is 29.2 Å². The molecule has 2 heterocycles. The quantitative estimate of drug-likeness (QED) is 0.383. The lowest BCUT2D eigenvalue weighted by Crippen LogP contribution is -2.38. The van der Waals surface area contributed by atoms with Gasteiger partial charge in [0.2, 0.25) is 0 Å². The Morgan fingerprint density at radius 2 is 1.67 bits per heavy atom. The largest absolute Gasteiger partial charge is 0.481 e. The van der Waals surface area contributed by atoms with Crippen LogP contribution in [0.4, 0.5) is 5.69 Å². The second-order valence-corrected chi connectivity index (χ2v) is 12.8. The fourth-order valence-corrected chi connectivity index (χ4v) is 5.11. The summed E-state index contributed by atoms with van der Waals surface area (Å²) < 4.78 is 3.48. The zero-order valence-corrected chi connectivity index (χ0v) is 23.8. The number of nitrogens with zero attached hydrogens (tertiary/aromatic N) is 2. The molecular weight excluding hydrogens is 470 g/mol. The Bertz CT molecular complexity index is 1040. The Balaban J connectivity index is 0.000000658. The van der Waals surface area contributed by atoms with Gasteiger partial charge in [0.1, 0.15) is 0 Å². The van der Waals surface area contributed by atoms with Crippen LogP contribution in [-0.2, 0) is 11.2 Å². The highest BCUT2D eigenvalue weighted by Crippen LogP contribution is 2.41. The maximum absolute atomic E-state index is 11.7. The lowest BCUT2D eigenvalue weighted by Gasteiger charge is -2.40. The fraction of sp³-hybridized carbons (Fsp3) is 0.586. The van der Waals surface area contributed by atoms with E-state index in [-0.39, 0.29) is 6.42 Å². The number of hydrogen-bond donors (Lipinski definition) is 3. The lowest BCUT2D eigenvalue weighted by atomic mass is 9.82. The fourth-order valence-electron chi connectivity index (χ4n) is 4.30. The summed E-state index contributed by atoms with van der Waals surface area (Å²) in [5, 5.41) is 18.1. The first-order valence-corrected chi connectivity index (χ1v) is 13.8. The van der Waals surface area contributed by atoms with E-state index in [4.69, 9.17) is 10.1 Å². The second-order valence-electron chi connectivity index (χ2n) is 11.9. The van der Waals surface area contributed by atoms with Crippen molar-refractivity contribution in [3.05, 3.63) is 41.2 Å². The molecule has 0 bridgehead atoms. The zero-order chi connectivity index (χ0) is 26.7. The number of aliphatic hydroxyl groups is 1. The monoisotopic (exact) mass is 513 g/mol. The molecule has 1 saturated heterocycles. The zero-order valence-electron chi connectivity index (χ0n) is 22.9. The van der Waals surface area contributed by atoms with Crippen molar-refractivity contribution >= 4 is 23.6 Å². The second kappa shape index (κ2) is 11.5. The number of carboxylic acids is 1. The van der Waals surface area contributed by atoms with Crippen molar-refractivity contribution in [3.8, 4) is 11.1 Å². The van der Waals surface area contributed by atoms with Gasteiger partial charge in [0.25, 0.3) is 0 Å². The Hall–Kier alpha value is -2.09. The maximum Gasteiger partial charge on any atom is 0.307 e. The number of hydrogen-bond acceptors (Lipinski definition) is 6. The van der Waals surface area contributed by atoms with Crippen LogP contribution in [0, 0.1) is 19.3 Å². The van der Waals surface area contributed by atoms with E-state index >= 15 is 0 Å². The summed E-state index contributed by atoms with van der Waals surface area (Å²) in [5.41, 5.74) is 5.71. The van der Waals surface area contributed by atoms with Crippen LogP contribution in [0.5, 0.6) is 0 Å². The van der Waals surface area contributed by atoms with Gasteiger partial charge in [0.15, 0.2) is 0 Å². The molecule has 4 rings (SSSR count). The highest BCUT2D eigenvalue weighted by Gasteiger charge is 2.30. The molecule has 7 heteroatoms. The number of pyridine rings is 1. The SMILES string of the molecule is CC(C)(C)O.Cc1nc(C)c(-c2ccc(SNC3CC3)cc2)c(N2CCC(C)(C)CC2)c1CC(=O)O. The number of carboxylic acid groups (broad SMARTS) is 1. The minimum Gasteiger partial charge on any atom is -0.481 e. The molecule has 6 nitrogen and oxygen atoms in total. The molecule has 36 heavy (non-hydrogen) atoms. The van der Waals surface area contributed by atoms with Crippen molar-refractivity contribution in [3.63, 3.8) is 0 Å². The molecule has 2 fully saturated rings. The third kappa shape index (κ3) is 8.49. The number of aryl methyl sites for hydroxylation is 2. The first-order chi connectivity index (χ1) is 16.7. The third-order valence-electron chi connectivity index (χ3n) is 6.48. The molecule has 1 aliphatic carbocycles. The van der Waals surface area contributed by atoms with E-state index in [0.29, 0.717) is 11.5 Å². The number of rotatable bonds is 7. The van der Waals surface area contributed by atoms with E-state index in [1.807, 2.05) is 13.8 Å². The van der Waals surface area contributed by atoms with E-state index in [2.05, 4.69) is 47.7 Å². The predicted octanol–water partition coefficient (Wildman–Crippen LogP) is 6.16. The van der Waals surface area contributed by atoms with Crippen LogP contribution in [0.3, 0.4) is 0 Å². The molecule has 1 aliphatic heterocycles. The van der Waals surface area contributed by atoms with Gasteiger partial charge in [-0.2, -0.15) is 0 Å². The van der Waals surface area contributed by atoms with E-state index < -0.39 is 11.6 Å². The van der Waals surface area contributed by atoms with Crippen LogP contribution in [0.1, 0.15) is 77.3 Å². The number of nitrogens with one attached hydrogen (secondary N) is 1. The van der Waals surface area contributed by atoms with Crippen molar-refractivity contribution < 1.29 is 15.0 Å². The molecule has 198 valence electrons. The summed E-state index contributed by atoms with van der Waals surface area (Å²) in [4.78, 5) is 20.1. The van der Waals surface area contributed by atoms with Crippen LogP contribution in [0.2, 0.25) is 0 Å². The number of carbonyl (C=O) groups is 1. The average Bonchev–Trinajstić information content (AvgIpc) is 3.58. The van der Waals surface area contributed by atoms with Gasteiger partial charge in [-0.15, -0.1) is 0 Å². The highest BCUT2D eigenvalue weighted by molar-refractivity contribution is 7.97.